The average Bonchev–Trinajstić information content (AvgIpc) is 2.68. The van der Waals surface area contributed by atoms with Crippen molar-refractivity contribution < 1.29 is 28.5 Å². The first-order valence-corrected chi connectivity index (χ1v) is 11.1. The normalized spacial score (nSPS) is 13.7. The number of aliphatic hydroxyl groups is 3. The molecule has 0 bridgehead atoms. The Kier molecular flexibility index (Phi) is 8.49. The van der Waals surface area contributed by atoms with Crippen LogP contribution >= 0.6 is 15.9 Å². The molecule has 0 amide bonds. The predicted octanol–water partition coefficient (Wildman–Crippen LogP) is 0.422. The van der Waals surface area contributed by atoms with Crippen molar-refractivity contribution in [3.8, 4) is 0 Å². The summed E-state index contributed by atoms with van der Waals surface area (Å²) in [7, 11) is -2.63. The fourth-order valence-corrected chi connectivity index (χ4v) is 4.02. The zero-order chi connectivity index (χ0) is 22.5. The molecule has 0 spiro atoms. The van der Waals surface area contributed by atoms with Crippen LogP contribution in [0.2, 0.25) is 0 Å². The van der Waals surface area contributed by atoms with E-state index in [1.54, 1.807) is 6.92 Å². The second-order valence-corrected chi connectivity index (χ2v) is 8.80. The molecule has 30 heavy (non-hydrogen) atoms. The molecule has 0 aliphatic rings. The number of aromatic nitrogens is 2. The molecule has 2 atom stereocenters. The number of aliphatic hydroxyl groups excluding tert-OH is 3. The first-order chi connectivity index (χ1) is 14.1. The maximum atomic E-state index is 11.8. The Bertz CT molecular complexity index is 964. The summed E-state index contributed by atoms with van der Waals surface area (Å²) in [6.45, 7) is 0.654. The van der Waals surface area contributed by atoms with Crippen LogP contribution in [-0.4, -0.2) is 59.6 Å². The molecule has 1 heterocycles. The van der Waals surface area contributed by atoms with E-state index in [0.717, 1.165) is 0 Å². The molecule has 0 radical (unpaired) electrons. The van der Waals surface area contributed by atoms with E-state index in [4.69, 9.17) is 9.88 Å². The largest absolute Gasteiger partial charge is 0.392 e. The number of rotatable bonds is 10. The van der Waals surface area contributed by atoms with E-state index in [0.29, 0.717) is 16.0 Å². The highest BCUT2D eigenvalue weighted by atomic mass is 79.9. The van der Waals surface area contributed by atoms with E-state index in [-0.39, 0.29) is 28.6 Å². The molecule has 11 nitrogen and oxygen atoms in total. The molecule has 0 fully saturated rings. The Hall–Kier alpha value is -1.87. The van der Waals surface area contributed by atoms with Crippen molar-refractivity contribution >= 4 is 43.4 Å². The lowest BCUT2D eigenvalue weighted by Crippen LogP contribution is -2.36. The molecule has 0 saturated heterocycles. The summed E-state index contributed by atoms with van der Waals surface area (Å²) < 4.78 is 29.3. The van der Waals surface area contributed by atoms with Gasteiger partial charge in [0.05, 0.1) is 41.3 Å². The van der Waals surface area contributed by atoms with Crippen LogP contribution in [0.4, 0.5) is 17.5 Å². The van der Waals surface area contributed by atoms with Gasteiger partial charge in [0, 0.05) is 19.0 Å². The molecular formula is C17H24BrN5O6S. The molecule has 1 aromatic carbocycles. The van der Waals surface area contributed by atoms with Crippen molar-refractivity contribution in [1.29, 1.82) is 0 Å². The summed E-state index contributed by atoms with van der Waals surface area (Å²) in [5, 5.41) is 40.2. The van der Waals surface area contributed by atoms with E-state index in [1.165, 1.54) is 25.4 Å². The number of sulfonamides is 1. The number of nitrogens with zero attached hydrogens (tertiary/aromatic N) is 2. The topological polar surface area (TPSA) is 180 Å². The zero-order valence-electron chi connectivity index (χ0n) is 16.3. The third-order valence-corrected chi connectivity index (χ3v) is 5.79. The van der Waals surface area contributed by atoms with E-state index >= 15 is 0 Å². The number of primary sulfonamides is 1. The van der Waals surface area contributed by atoms with Gasteiger partial charge >= 0.3 is 0 Å². The van der Waals surface area contributed by atoms with Crippen molar-refractivity contribution in [3.63, 3.8) is 0 Å². The molecule has 7 N–H and O–H groups in total. The minimum atomic E-state index is -4.15. The van der Waals surface area contributed by atoms with E-state index in [1.807, 2.05) is 0 Å². The number of nitrogens with two attached hydrogens (primary N) is 1. The van der Waals surface area contributed by atoms with Crippen LogP contribution < -0.4 is 15.8 Å². The average molecular weight is 506 g/mol. The maximum Gasteiger partial charge on any atom is 0.238 e. The molecule has 0 aliphatic heterocycles. The lowest BCUT2D eigenvalue weighted by molar-refractivity contribution is 0.106. The van der Waals surface area contributed by atoms with Crippen LogP contribution in [-0.2, 0) is 28.0 Å². The van der Waals surface area contributed by atoms with Gasteiger partial charge in [-0.2, -0.15) is 4.98 Å². The molecule has 1 aromatic heterocycles. The summed E-state index contributed by atoms with van der Waals surface area (Å²) in [5.41, 5.74) is 0.389. The lowest BCUT2D eigenvalue weighted by Gasteiger charge is -2.22. The summed E-state index contributed by atoms with van der Waals surface area (Å²) in [5.74, 6) is 0.542. The Labute approximate surface area is 182 Å². The fraction of sp³-hybridized carbons (Fsp3) is 0.412. The lowest BCUT2D eigenvalue weighted by atomic mass is 10.1. The fourth-order valence-electron chi connectivity index (χ4n) is 2.74. The summed E-state index contributed by atoms with van der Waals surface area (Å²) >= 11 is 3.34. The van der Waals surface area contributed by atoms with E-state index in [9.17, 15) is 23.7 Å². The third-order valence-electron chi connectivity index (χ3n) is 4.12. The number of hydrogen-bond donors (Lipinski definition) is 6. The zero-order valence-corrected chi connectivity index (χ0v) is 18.7. The first-order valence-electron chi connectivity index (χ1n) is 8.74. The molecule has 2 aromatic rings. The minimum Gasteiger partial charge on any atom is -0.392 e. The molecular weight excluding hydrogens is 482 g/mol. The van der Waals surface area contributed by atoms with Crippen LogP contribution in [0.1, 0.15) is 18.1 Å². The van der Waals surface area contributed by atoms with E-state index < -0.39 is 35.4 Å². The summed E-state index contributed by atoms with van der Waals surface area (Å²) in [4.78, 5) is 8.16. The van der Waals surface area contributed by atoms with Crippen LogP contribution in [0.5, 0.6) is 0 Å². The standard InChI is InChI=1S/C17H24BrN5O6S/c1-9(26)14(8-29-2)22-16-13(18)5-20-17(23-16)21-12-3-10(6-24)15(30(19,27)28)11(4-12)7-25/h3-5,9,14,24-26H,6-8H2,1-2H3,(H2,19,27,28)(H2,20,21,22,23)/t9-,14-/m1/s1. The predicted molar refractivity (Wildman–Crippen MR) is 114 cm³/mol. The smallest absolute Gasteiger partial charge is 0.238 e. The molecule has 2 rings (SSSR count). The monoisotopic (exact) mass is 505 g/mol. The molecule has 13 heteroatoms. The van der Waals surface area contributed by atoms with Crippen molar-refractivity contribution in [3.05, 3.63) is 33.9 Å². The molecule has 0 saturated carbocycles. The van der Waals surface area contributed by atoms with Gasteiger partial charge in [0.2, 0.25) is 16.0 Å². The second-order valence-electron chi connectivity index (χ2n) is 6.45. The van der Waals surface area contributed by atoms with Crippen molar-refractivity contribution in [1.82, 2.24) is 9.97 Å². The highest BCUT2D eigenvalue weighted by Crippen LogP contribution is 2.28. The molecule has 166 valence electrons. The van der Waals surface area contributed by atoms with Gasteiger partial charge in [-0.3, -0.25) is 0 Å². The quantitative estimate of drug-likeness (QED) is 0.264. The van der Waals surface area contributed by atoms with Gasteiger partial charge in [-0.05, 0) is 46.1 Å². The Morgan fingerprint density at radius 3 is 2.33 bits per heavy atom. The first kappa shape index (κ1) is 24.4. The van der Waals surface area contributed by atoms with Crippen LogP contribution in [0.25, 0.3) is 0 Å². The van der Waals surface area contributed by atoms with Crippen molar-refractivity contribution in [2.45, 2.75) is 37.2 Å². The maximum absolute atomic E-state index is 11.8. The molecule has 0 aliphatic carbocycles. The van der Waals surface area contributed by atoms with Crippen molar-refractivity contribution in [2.75, 3.05) is 24.4 Å². The van der Waals surface area contributed by atoms with Crippen molar-refractivity contribution in [2.24, 2.45) is 5.14 Å². The highest BCUT2D eigenvalue weighted by Gasteiger charge is 2.21. The number of hydrogen-bond acceptors (Lipinski definition) is 10. The van der Waals surface area contributed by atoms with Gasteiger partial charge in [-0.25, -0.2) is 18.5 Å². The van der Waals surface area contributed by atoms with Crippen LogP contribution in [0.3, 0.4) is 0 Å². The van der Waals surface area contributed by atoms with Gasteiger partial charge in [0.15, 0.2) is 0 Å². The number of benzene rings is 1. The highest BCUT2D eigenvalue weighted by molar-refractivity contribution is 9.10. The van der Waals surface area contributed by atoms with Crippen LogP contribution in [0, 0.1) is 0 Å². The SMILES string of the molecule is COC[C@@H](Nc1nc(Nc2cc(CO)c(S(N)(=O)=O)c(CO)c2)ncc1Br)[C@@H](C)O. The number of anilines is 3. The third kappa shape index (κ3) is 6.07. The van der Waals surface area contributed by atoms with Gasteiger partial charge in [0.1, 0.15) is 5.82 Å². The Morgan fingerprint density at radius 1 is 1.27 bits per heavy atom. The molecule has 0 unspecified atom stereocenters. The minimum absolute atomic E-state index is 0.0243. The number of halogens is 1. The second kappa shape index (κ2) is 10.4. The Balaban J connectivity index is 2.39. The Morgan fingerprint density at radius 2 is 1.87 bits per heavy atom. The summed E-state index contributed by atoms with van der Waals surface area (Å²) in [6.07, 6.45) is 0.774. The van der Waals surface area contributed by atoms with Gasteiger partial charge in [-0.1, -0.05) is 0 Å². The number of ether oxygens (including phenoxy) is 1. The van der Waals surface area contributed by atoms with Crippen LogP contribution in [0.15, 0.2) is 27.7 Å². The number of methoxy groups -OCH3 is 1. The van der Waals surface area contributed by atoms with E-state index in [2.05, 4.69) is 36.5 Å². The summed E-state index contributed by atoms with van der Waals surface area (Å²) in [6, 6.07) is 2.33. The van der Waals surface area contributed by atoms with Gasteiger partial charge in [0.25, 0.3) is 0 Å². The van der Waals surface area contributed by atoms with Gasteiger partial charge in [-0.15, -0.1) is 0 Å². The van der Waals surface area contributed by atoms with Gasteiger partial charge < -0.3 is 30.7 Å². The number of nitrogens with one attached hydrogen (secondary N) is 2.